The van der Waals surface area contributed by atoms with Crippen molar-refractivity contribution in [2.24, 2.45) is 0 Å². The van der Waals surface area contributed by atoms with Crippen molar-refractivity contribution >= 4 is 22.5 Å². The molecule has 0 radical (unpaired) electrons. The minimum absolute atomic E-state index is 0.0877. The Hall–Kier alpha value is -4.41. The number of benzene rings is 3. The number of fused-ring (bicyclic) bond motifs is 1. The van der Waals surface area contributed by atoms with E-state index in [2.05, 4.69) is 20.3 Å². The van der Waals surface area contributed by atoms with Crippen LogP contribution in [0.2, 0.25) is 0 Å². The second kappa shape index (κ2) is 9.23. The highest BCUT2D eigenvalue weighted by atomic mass is 19.4. The maximum absolute atomic E-state index is 13.3. The summed E-state index contributed by atoms with van der Waals surface area (Å²) in [4.78, 5) is 13.1. The highest BCUT2D eigenvalue weighted by Crippen LogP contribution is 2.39. The summed E-state index contributed by atoms with van der Waals surface area (Å²) in [6, 6.07) is 17.5. The lowest BCUT2D eigenvalue weighted by Gasteiger charge is -2.17. The number of halogens is 6. The summed E-state index contributed by atoms with van der Waals surface area (Å²) in [5, 5.41) is 2.71. The van der Waals surface area contributed by atoms with E-state index >= 15 is 0 Å². The smallest absolute Gasteiger partial charge is 0.355 e. The predicted octanol–water partition coefficient (Wildman–Crippen LogP) is 7.32. The third kappa shape index (κ3) is 5.11. The van der Waals surface area contributed by atoms with Crippen LogP contribution in [-0.4, -0.2) is 19.5 Å². The zero-order valence-electron chi connectivity index (χ0n) is 18.8. The highest BCUT2D eigenvalue weighted by molar-refractivity contribution is 5.92. The van der Waals surface area contributed by atoms with Gasteiger partial charge >= 0.3 is 12.4 Å². The van der Waals surface area contributed by atoms with Gasteiger partial charge in [0.2, 0.25) is 0 Å². The maximum atomic E-state index is 13.3. The first-order valence-corrected chi connectivity index (χ1v) is 11.0. The van der Waals surface area contributed by atoms with Crippen LogP contribution in [0.15, 0.2) is 85.5 Å². The first kappa shape index (κ1) is 24.3. The van der Waals surface area contributed by atoms with E-state index in [9.17, 15) is 26.3 Å². The molecule has 188 valence electrons. The van der Waals surface area contributed by atoms with Crippen molar-refractivity contribution in [3.63, 3.8) is 0 Å². The number of hydrogen-bond acceptors (Lipinski definition) is 4. The first-order valence-electron chi connectivity index (χ1n) is 11.0. The van der Waals surface area contributed by atoms with Gasteiger partial charge in [-0.1, -0.05) is 48.5 Å². The number of nitrogens with one attached hydrogen (secondary N) is 1. The predicted molar refractivity (Wildman–Crippen MR) is 126 cm³/mol. The van der Waals surface area contributed by atoms with Crippen LogP contribution in [0.25, 0.3) is 22.4 Å². The van der Waals surface area contributed by atoms with Crippen LogP contribution in [0, 0.1) is 0 Å². The SMILES string of the molecule is FC(F)(F)c1cc(Nc2ccccc2-c2ncnc3c2ncn3Cc2ccccc2)cc(C(F)(F)F)c1. The number of aromatic nitrogens is 4. The molecular formula is C26H17F6N5. The Labute approximate surface area is 206 Å². The second-order valence-electron chi connectivity index (χ2n) is 8.22. The number of imidazole rings is 1. The van der Waals surface area contributed by atoms with Gasteiger partial charge in [-0.2, -0.15) is 26.3 Å². The maximum Gasteiger partial charge on any atom is 0.416 e. The van der Waals surface area contributed by atoms with Gasteiger partial charge in [0.15, 0.2) is 5.65 Å². The van der Waals surface area contributed by atoms with Gasteiger partial charge in [0.05, 0.1) is 24.0 Å². The number of hydrogen-bond donors (Lipinski definition) is 1. The van der Waals surface area contributed by atoms with E-state index in [4.69, 9.17) is 0 Å². The summed E-state index contributed by atoms with van der Waals surface area (Å²) in [6.45, 7) is 0.498. The quantitative estimate of drug-likeness (QED) is 0.250. The number of anilines is 2. The first-order chi connectivity index (χ1) is 17.6. The molecule has 5 aromatic rings. The van der Waals surface area contributed by atoms with Crippen molar-refractivity contribution in [1.82, 2.24) is 19.5 Å². The summed E-state index contributed by atoms with van der Waals surface area (Å²) in [5.74, 6) is 0. The lowest BCUT2D eigenvalue weighted by molar-refractivity contribution is -0.143. The van der Waals surface area contributed by atoms with Crippen molar-refractivity contribution in [2.45, 2.75) is 18.9 Å². The molecule has 0 atom stereocenters. The lowest BCUT2D eigenvalue weighted by Crippen LogP contribution is -2.11. The van der Waals surface area contributed by atoms with Gasteiger partial charge in [0.25, 0.3) is 0 Å². The molecule has 2 heterocycles. The van der Waals surface area contributed by atoms with Gasteiger partial charge in [0.1, 0.15) is 17.5 Å². The van der Waals surface area contributed by atoms with Gasteiger partial charge in [0, 0.05) is 16.9 Å². The van der Waals surface area contributed by atoms with Crippen LogP contribution in [0.4, 0.5) is 37.7 Å². The van der Waals surface area contributed by atoms with E-state index in [1.807, 2.05) is 34.9 Å². The van der Waals surface area contributed by atoms with Gasteiger partial charge in [-0.3, -0.25) is 0 Å². The molecule has 0 bridgehead atoms. The van der Waals surface area contributed by atoms with E-state index in [0.717, 1.165) is 5.56 Å². The molecule has 0 unspecified atom stereocenters. The molecule has 0 amide bonds. The monoisotopic (exact) mass is 513 g/mol. The topological polar surface area (TPSA) is 55.6 Å². The molecule has 11 heteroatoms. The normalized spacial score (nSPS) is 12.2. The molecule has 5 rings (SSSR count). The standard InChI is InChI=1S/C26H17F6N5/c27-25(28,29)17-10-18(26(30,31)32)12-19(11-17)36-21-9-5-4-8-20(21)22-23-24(34-14-33-22)37(15-35-23)13-16-6-2-1-3-7-16/h1-12,14-15,36H,13H2. The minimum Gasteiger partial charge on any atom is -0.355 e. The highest BCUT2D eigenvalue weighted by Gasteiger charge is 2.37. The van der Waals surface area contributed by atoms with Crippen molar-refractivity contribution < 1.29 is 26.3 Å². The fourth-order valence-electron chi connectivity index (χ4n) is 3.95. The second-order valence-corrected chi connectivity index (χ2v) is 8.22. The average molecular weight is 513 g/mol. The van der Waals surface area contributed by atoms with E-state index < -0.39 is 23.5 Å². The van der Waals surface area contributed by atoms with Crippen LogP contribution in [0.3, 0.4) is 0 Å². The summed E-state index contributed by atoms with van der Waals surface area (Å²) < 4.78 is 81.8. The minimum atomic E-state index is -4.96. The molecular weight excluding hydrogens is 496 g/mol. The Bertz CT molecular complexity index is 1530. The molecule has 0 aliphatic heterocycles. The molecule has 0 saturated carbocycles. The fraction of sp³-hybridized carbons (Fsp3) is 0.115. The number of para-hydroxylation sites is 1. The van der Waals surface area contributed by atoms with Gasteiger partial charge in [-0.15, -0.1) is 0 Å². The molecule has 0 spiro atoms. The lowest BCUT2D eigenvalue weighted by atomic mass is 10.1. The van der Waals surface area contributed by atoms with Crippen LogP contribution < -0.4 is 5.32 Å². The Morgan fingerprint density at radius 1 is 0.730 bits per heavy atom. The largest absolute Gasteiger partial charge is 0.416 e. The summed E-state index contributed by atoms with van der Waals surface area (Å²) >= 11 is 0. The molecule has 0 fully saturated rings. The Balaban J connectivity index is 1.56. The van der Waals surface area contributed by atoms with Crippen LogP contribution in [0.5, 0.6) is 0 Å². The molecule has 5 nitrogen and oxygen atoms in total. The van der Waals surface area contributed by atoms with Crippen molar-refractivity contribution in [3.05, 3.63) is 102 Å². The third-order valence-electron chi connectivity index (χ3n) is 5.65. The van der Waals surface area contributed by atoms with Gasteiger partial charge in [-0.25, -0.2) is 15.0 Å². The number of alkyl halides is 6. The van der Waals surface area contributed by atoms with E-state index in [1.54, 1.807) is 24.5 Å². The van der Waals surface area contributed by atoms with E-state index in [1.165, 1.54) is 12.4 Å². The summed E-state index contributed by atoms with van der Waals surface area (Å²) in [7, 11) is 0. The van der Waals surface area contributed by atoms with Gasteiger partial charge in [-0.05, 0) is 29.8 Å². The molecule has 37 heavy (non-hydrogen) atoms. The van der Waals surface area contributed by atoms with Crippen LogP contribution in [0.1, 0.15) is 16.7 Å². The van der Waals surface area contributed by atoms with Gasteiger partial charge < -0.3 is 9.88 Å². The third-order valence-corrected chi connectivity index (χ3v) is 5.65. The molecule has 0 aliphatic carbocycles. The summed E-state index contributed by atoms with van der Waals surface area (Å²) in [5.41, 5.74) is -0.127. The molecule has 2 aromatic heterocycles. The van der Waals surface area contributed by atoms with Crippen molar-refractivity contribution in [1.29, 1.82) is 0 Å². The Morgan fingerprint density at radius 2 is 1.38 bits per heavy atom. The fourth-order valence-corrected chi connectivity index (χ4v) is 3.95. The Kier molecular flexibility index (Phi) is 6.06. The summed E-state index contributed by atoms with van der Waals surface area (Å²) in [6.07, 6.45) is -6.97. The molecule has 1 N–H and O–H groups in total. The Morgan fingerprint density at radius 3 is 2.05 bits per heavy atom. The van der Waals surface area contributed by atoms with Crippen molar-refractivity contribution in [3.8, 4) is 11.3 Å². The van der Waals surface area contributed by atoms with Crippen LogP contribution in [-0.2, 0) is 18.9 Å². The van der Waals surface area contributed by atoms with Crippen molar-refractivity contribution in [2.75, 3.05) is 5.32 Å². The molecule has 0 aliphatic rings. The van der Waals surface area contributed by atoms with Crippen LogP contribution >= 0.6 is 0 Å². The zero-order chi connectivity index (χ0) is 26.2. The van der Waals surface area contributed by atoms with E-state index in [-0.39, 0.29) is 17.4 Å². The number of nitrogens with zero attached hydrogens (tertiary/aromatic N) is 4. The zero-order valence-corrected chi connectivity index (χ0v) is 18.8. The average Bonchev–Trinajstić information content (AvgIpc) is 3.27. The number of rotatable bonds is 5. The molecule has 0 saturated heterocycles. The van der Waals surface area contributed by atoms with E-state index in [0.29, 0.717) is 41.1 Å². The molecule has 3 aromatic carbocycles.